The van der Waals surface area contributed by atoms with Crippen LogP contribution in [0.25, 0.3) is 0 Å². The van der Waals surface area contributed by atoms with Crippen LogP contribution in [0.4, 0.5) is 0 Å². The first kappa shape index (κ1) is 18.4. The van der Waals surface area contributed by atoms with Gasteiger partial charge in [0.2, 0.25) is 0 Å². The van der Waals surface area contributed by atoms with Gasteiger partial charge in [-0.15, -0.1) is 0 Å². The SMILES string of the molecule is S.[Mn].[OH][Co]. The van der Waals surface area contributed by atoms with Gasteiger partial charge < -0.3 is 0 Å². The van der Waals surface area contributed by atoms with Crippen molar-refractivity contribution in [2.75, 3.05) is 0 Å². The third-order valence-electron chi connectivity index (χ3n) is 0. The topological polar surface area (TPSA) is 20.2 Å². The molecule has 0 aromatic heterocycles. The average molecular weight is 165 g/mol. The first-order valence-corrected chi connectivity index (χ1v) is 0.615. The molecule has 0 aliphatic heterocycles. The zero-order valence-electron chi connectivity index (χ0n) is 1.66. The molecular formula is H3CoMnOS. The quantitative estimate of drug-likeness (QED) is 0.482. The molecule has 0 unspecified atom stereocenters. The van der Waals surface area contributed by atoms with Crippen LogP contribution in [0.1, 0.15) is 0 Å². The Balaban J connectivity index is -0.00000000500. The molecule has 0 spiro atoms. The maximum absolute atomic E-state index is 6.69. The molecule has 4 heavy (non-hydrogen) atoms. The maximum atomic E-state index is 6.69. The second kappa shape index (κ2) is 27.0. The van der Waals surface area contributed by atoms with Gasteiger partial charge in [-0.3, -0.25) is 0 Å². The van der Waals surface area contributed by atoms with E-state index in [1.807, 2.05) is 0 Å². The molecular weight excluding hydrogens is 162 g/mol. The molecule has 0 aromatic rings. The van der Waals surface area contributed by atoms with Gasteiger partial charge in [-0.05, 0) is 0 Å². The van der Waals surface area contributed by atoms with Gasteiger partial charge in [0.15, 0.2) is 0 Å². The summed E-state index contributed by atoms with van der Waals surface area (Å²) in [7, 11) is 0. The van der Waals surface area contributed by atoms with Gasteiger partial charge in [-0.2, -0.15) is 13.5 Å². The first-order chi connectivity index (χ1) is 1.00. The van der Waals surface area contributed by atoms with E-state index in [1.54, 1.807) is 0 Å². The summed E-state index contributed by atoms with van der Waals surface area (Å²) in [5.74, 6) is 0. The Labute approximate surface area is 51.0 Å². The van der Waals surface area contributed by atoms with Crippen molar-refractivity contribution in [3.63, 3.8) is 0 Å². The van der Waals surface area contributed by atoms with Crippen molar-refractivity contribution in [2.45, 2.75) is 0 Å². The molecule has 0 heterocycles. The second-order valence-electron chi connectivity index (χ2n) is 0. The molecule has 1 nitrogen and oxygen atoms in total. The molecule has 0 aliphatic rings. The van der Waals surface area contributed by atoms with Crippen molar-refractivity contribution >= 4 is 13.5 Å². The summed E-state index contributed by atoms with van der Waals surface area (Å²) in [5, 5.41) is 0. The fourth-order valence-corrected chi connectivity index (χ4v) is 0. The predicted octanol–water partition coefficient (Wildman–Crippen LogP) is -0.449. The third-order valence-corrected chi connectivity index (χ3v) is 0. The van der Waals surface area contributed by atoms with Crippen molar-refractivity contribution in [3.05, 3.63) is 0 Å². The second-order valence-corrected chi connectivity index (χ2v) is 0. The standard InChI is InChI=1S/Co.Mn.H2O.H2S/h;;2*1H2/q+1;;;/p-1. The van der Waals surface area contributed by atoms with E-state index in [9.17, 15) is 0 Å². The molecule has 0 rings (SSSR count). The van der Waals surface area contributed by atoms with Crippen molar-refractivity contribution in [1.29, 1.82) is 0 Å². The minimum atomic E-state index is 0. The number of hydrogen-bond donors (Lipinski definition) is 1. The predicted molar refractivity (Wildman–Crippen MR) is 12.6 cm³/mol. The zero-order chi connectivity index (χ0) is 2.00. The molecule has 0 saturated heterocycles. The summed E-state index contributed by atoms with van der Waals surface area (Å²) in [6.45, 7) is 0. The molecule has 0 bridgehead atoms. The molecule has 0 aliphatic carbocycles. The fourth-order valence-electron chi connectivity index (χ4n) is 0. The van der Waals surface area contributed by atoms with Crippen LogP contribution in [0.5, 0.6) is 0 Å². The van der Waals surface area contributed by atoms with E-state index in [2.05, 4.69) is 16.1 Å². The van der Waals surface area contributed by atoms with Gasteiger partial charge >= 0.3 is 20.3 Å². The van der Waals surface area contributed by atoms with E-state index in [0.717, 1.165) is 0 Å². The van der Waals surface area contributed by atoms with Crippen LogP contribution in [-0.4, -0.2) is 4.22 Å². The normalized spacial score (nSPS) is 1.75. The van der Waals surface area contributed by atoms with Gasteiger partial charge in [-0.25, -0.2) is 0 Å². The van der Waals surface area contributed by atoms with E-state index >= 15 is 0 Å². The van der Waals surface area contributed by atoms with E-state index in [-0.39, 0.29) is 30.6 Å². The Kier molecular flexibility index (Phi) is 124. The van der Waals surface area contributed by atoms with Crippen LogP contribution in [0.2, 0.25) is 0 Å². The Morgan fingerprint density at radius 1 is 1.25 bits per heavy atom. The van der Waals surface area contributed by atoms with Gasteiger partial charge in [0.25, 0.3) is 0 Å². The van der Waals surface area contributed by atoms with Crippen LogP contribution in [-0.2, 0) is 33.1 Å². The van der Waals surface area contributed by atoms with Crippen molar-refractivity contribution in [1.82, 2.24) is 0 Å². The van der Waals surface area contributed by atoms with E-state index in [4.69, 9.17) is 4.22 Å². The van der Waals surface area contributed by atoms with Crippen molar-refractivity contribution < 1.29 is 37.4 Å². The Morgan fingerprint density at radius 2 is 1.25 bits per heavy atom. The number of hydrogen-bond acceptors (Lipinski definition) is 1. The van der Waals surface area contributed by atoms with Crippen molar-refractivity contribution in [2.24, 2.45) is 0 Å². The van der Waals surface area contributed by atoms with E-state index in [0.29, 0.717) is 0 Å². The van der Waals surface area contributed by atoms with Gasteiger partial charge in [0, 0.05) is 17.1 Å². The minimum absolute atomic E-state index is 0. The Hall–Kier alpha value is 1.34. The van der Waals surface area contributed by atoms with Crippen LogP contribution >= 0.6 is 13.5 Å². The van der Waals surface area contributed by atoms with Gasteiger partial charge in [0.1, 0.15) is 0 Å². The molecule has 1 radical (unpaired) electrons. The molecule has 0 saturated carbocycles. The summed E-state index contributed by atoms with van der Waals surface area (Å²) >= 11 is 2.56. The monoisotopic (exact) mass is 165 g/mol. The molecule has 31 valence electrons. The van der Waals surface area contributed by atoms with Crippen LogP contribution in [0.15, 0.2) is 0 Å². The van der Waals surface area contributed by atoms with Crippen LogP contribution in [0, 0.1) is 0 Å². The van der Waals surface area contributed by atoms with Crippen LogP contribution in [0.3, 0.4) is 0 Å². The first-order valence-electron chi connectivity index (χ1n) is 0.149. The average Bonchev–Trinajstić information content (AvgIpc) is 1.00. The van der Waals surface area contributed by atoms with Gasteiger partial charge in [-0.1, -0.05) is 0 Å². The summed E-state index contributed by atoms with van der Waals surface area (Å²) in [4.78, 5) is 0. The summed E-state index contributed by atoms with van der Waals surface area (Å²) in [5.41, 5.74) is 0. The molecule has 0 fully saturated rings. The molecule has 0 atom stereocenters. The molecule has 0 amide bonds. The fraction of sp³-hybridized carbons (Fsp3) is 0. The van der Waals surface area contributed by atoms with Crippen molar-refractivity contribution in [3.8, 4) is 0 Å². The Bertz CT molecular complexity index is 8.00. The van der Waals surface area contributed by atoms with E-state index in [1.165, 1.54) is 0 Å². The third kappa shape index (κ3) is 10.2. The summed E-state index contributed by atoms with van der Waals surface area (Å²) < 4.78 is 6.69. The van der Waals surface area contributed by atoms with Gasteiger partial charge in [0.05, 0.1) is 0 Å². The van der Waals surface area contributed by atoms with E-state index < -0.39 is 0 Å². The molecule has 0 aromatic carbocycles. The molecule has 4 heteroatoms. The summed E-state index contributed by atoms with van der Waals surface area (Å²) in [6.07, 6.45) is 0. The number of rotatable bonds is 0. The Morgan fingerprint density at radius 3 is 1.25 bits per heavy atom. The van der Waals surface area contributed by atoms with Crippen LogP contribution < -0.4 is 0 Å². The zero-order valence-corrected chi connectivity index (χ0v) is 4.88. The molecule has 1 N–H and O–H groups in total. The summed E-state index contributed by atoms with van der Waals surface area (Å²) in [6, 6.07) is 0.